The van der Waals surface area contributed by atoms with E-state index in [2.05, 4.69) is 10.5 Å². The van der Waals surface area contributed by atoms with Crippen LogP contribution >= 0.6 is 0 Å². The Morgan fingerprint density at radius 1 is 1.19 bits per heavy atom. The van der Waals surface area contributed by atoms with Gasteiger partial charge in [-0.25, -0.2) is 0 Å². The molecule has 0 aliphatic rings. The minimum atomic E-state index is -0.952. The Hall–Kier alpha value is -3.35. The van der Waals surface area contributed by atoms with E-state index in [1.54, 1.807) is 37.4 Å². The fraction of sp³-hybridized carbons (Fsp3) is 0.211. The van der Waals surface area contributed by atoms with Gasteiger partial charge in [0.15, 0.2) is 11.7 Å². The lowest BCUT2D eigenvalue weighted by atomic mass is 10.2. The molecule has 0 aliphatic carbocycles. The van der Waals surface area contributed by atoms with Crippen molar-refractivity contribution in [2.75, 3.05) is 12.4 Å². The number of carbonyl (C=O) groups excluding carboxylic acids is 2. The van der Waals surface area contributed by atoms with E-state index in [4.69, 9.17) is 14.0 Å². The number of hydrogen-bond acceptors (Lipinski definition) is 6. The first-order valence-electron chi connectivity index (χ1n) is 8.04. The molecule has 7 nitrogen and oxygen atoms in total. The van der Waals surface area contributed by atoms with E-state index < -0.39 is 18.0 Å². The van der Waals surface area contributed by atoms with Crippen molar-refractivity contribution < 1.29 is 23.6 Å². The molecule has 0 aliphatic heterocycles. The van der Waals surface area contributed by atoms with Gasteiger partial charge in [-0.15, -0.1) is 0 Å². The summed E-state index contributed by atoms with van der Waals surface area (Å²) >= 11 is 0. The zero-order valence-electron chi connectivity index (χ0n) is 14.4. The zero-order valence-corrected chi connectivity index (χ0v) is 14.4. The van der Waals surface area contributed by atoms with Crippen molar-refractivity contribution in [2.24, 2.45) is 0 Å². The molecule has 1 heterocycles. The largest absolute Gasteiger partial charge is 0.497 e. The molecule has 0 radical (unpaired) electrons. The Bertz CT molecular complexity index is 934. The van der Waals surface area contributed by atoms with Gasteiger partial charge in [-0.05, 0) is 31.2 Å². The summed E-state index contributed by atoms with van der Waals surface area (Å²) in [6.07, 6.45) is -1.03. The summed E-state index contributed by atoms with van der Waals surface area (Å²) in [6.45, 7) is 1.51. The normalized spacial score (nSPS) is 11.8. The van der Waals surface area contributed by atoms with Gasteiger partial charge in [0.25, 0.3) is 5.91 Å². The molecule has 1 atom stereocenters. The summed E-state index contributed by atoms with van der Waals surface area (Å²) in [4.78, 5) is 24.3. The molecule has 0 unspecified atom stereocenters. The predicted octanol–water partition coefficient (Wildman–Crippen LogP) is 2.95. The van der Waals surface area contributed by atoms with Crippen LogP contribution in [0.2, 0.25) is 0 Å². The van der Waals surface area contributed by atoms with Crippen LogP contribution in [0.15, 0.2) is 53.1 Å². The molecular formula is C19H18N2O5. The van der Waals surface area contributed by atoms with Crippen LogP contribution in [0.1, 0.15) is 12.6 Å². The summed E-state index contributed by atoms with van der Waals surface area (Å²) < 4.78 is 15.5. The fourth-order valence-electron chi connectivity index (χ4n) is 2.44. The Balaban J connectivity index is 1.58. The van der Waals surface area contributed by atoms with Crippen molar-refractivity contribution in [3.05, 3.63) is 54.2 Å². The SMILES string of the molecule is COc1cccc(NC(=O)[C@H](C)OC(=O)Cc2noc3ccccc23)c1. The number of hydrogen-bond donors (Lipinski definition) is 1. The smallest absolute Gasteiger partial charge is 0.312 e. The number of aromatic nitrogens is 1. The van der Waals surface area contributed by atoms with Gasteiger partial charge in [-0.2, -0.15) is 0 Å². The van der Waals surface area contributed by atoms with Gasteiger partial charge in [0.2, 0.25) is 0 Å². The van der Waals surface area contributed by atoms with Crippen LogP contribution in [0.5, 0.6) is 5.75 Å². The van der Waals surface area contributed by atoms with E-state index in [0.29, 0.717) is 22.7 Å². The number of anilines is 1. The molecule has 1 aromatic heterocycles. The zero-order chi connectivity index (χ0) is 18.5. The number of benzene rings is 2. The van der Waals surface area contributed by atoms with Crippen LogP contribution in [0.3, 0.4) is 0 Å². The number of nitrogens with zero attached hydrogens (tertiary/aromatic N) is 1. The summed E-state index contributed by atoms with van der Waals surface area (Å²) in [5.74, 6) is -0.376. The average molecular weight is 354 g/mol. The molecule has 134 valence electrons. The van der Waals surface area contributed by atoms with Gasteiger partial charge in [0, 0.05) is 17.1 Å². The Labute approximate surface area is 149 Å². The standard InChI is InChI=1S/C19H18N2O5/c1-12(19(23)20-13-6-5-7-14(10-13)24-2)25-18(22)11-16-15-8-3-4-9-17(15)26-21-16/h3-10,12H,11H2,1-2H3,(H,20,23)/t12-/m0/s1. The van der Waals surface area contributed by atoms with Crippen LogP contribution in [0.25, 0.3) is 11.0 Å². The highest BCUT2D eigenvalue weighted by molar-refractivity contribution is 5.95. The van der Waals surface area contributed by atoms with Gasteiger partial charge in [-0.3, -0.25) is 9.59 Å². The Morgan fingerprint density at radius 2 is 2.00 bits per heavy atom. The number of carbonyl (C=O) groups is 2. The molecule has 3 aromatic rings. The lowest BCUT2D eigenvalue weighted by Gasteiger charge is -2.13. The van der Waals surface area contributed by atoms with Gasteiger partial charge >= 0.3 is 5.97 Å². The number of fused-ring (bicyclic) bond motifs is 1. The first-order chi connectivity index (χ1) is 12.6. The van der Waals surface area contributed by atoms with Crippen molar-refractivity contribution >= 4 is 28.5 Å². The second-order valence-electron chi connectivity index (χ2n) is 5.66. The molecular weight excluding hydrogens is 336 g/mol. The highest BCUT2D eigenvalue weighted by Gasteiger charge is 2.20. The molecule has 0 spiro atoms. The third kappa shape index (κ3) is 4.00. The Morgan fingerprint density at radius 3 is 2.81 bits per heavy atom. The number of methoxy groups -OCH3 is 1. The summed E-state index contributed by atoms with van der Waals surface area (Å²) in [5.41, 5.74) is 1.63. The van der Waals surface area contributed by atoms with Gasteiger partial charge in [0.05, 0.1) is 13.5 Å². The van der Waals surface area contributed by atoms with Crippen molar-refractivity contribution in [1.29, 1.82) is 0 Å². The first kappa shape index (κ1) is 17.5. The first-order valence-corrected chi connectivity index (χ1v) is 8.04. The average Bonchev–Trinajstić information content (AvgIpc) is 3.04. The number of ether oxygens (including phenoxy) is 2. The number of para-hydroxylation sites is 1. The minimum Gasteiger partial charge on any atom is -0.497 e. The van der Waals surface area contributed by atoms with E-state index in [1.165, 1.54) is 6.92 Å². The Kier molecular flexibility index (Phi) is 5.17. The molecule has 1 N–H and O–H groups in total. The molecule has 2 aromatic carbocycles. The minimum absolute atomic E-state index is 0.0756. The van der Waals surface area contributed by atoms with E-state index in [-0.39, 0.29) is 6.42 Å². The molecule has 3 rings (SSSR count). The van der Waals surface area contributed by atoms with Gasteiger partial charge in [-0.1, -0.05) is 23.4 Å². The summed E-state index contributed by atoms with van der Waals surface area (Å²) in [5, 5.41) is 7.31. The highest BCUT2D eigenvalue weighted by Crippen LogP contribution is 2.19. The molecule has 7 heteroatoms. The summed E-state index contributed by atoms with van der Waals surface area (Å²) in [7, 11) is 1.54. The van der Waals surface area contributed by atoms with Crippen molar-refractivity contribution in [3.63, 3.8) is 0 Å². The van der Waals surface area contributed by atoms with Gasteiger partial charge < -0.3 is 19.3 Å². The van der Waals surface area contributed by atoms with E-state index in [0.717, 1.165) is 5.39 Å². The van der Waals surface area contributed by atoms with Crippen LogP contribution in [0, 0.1) is 0 Å². The lowest BCUT2D eigenvalue weighted by Crippen LogP contribution is -2.30. The van der Waals surface area contributed by atoms with Crippen LogP contribution < -0.4 is 10.1 Å². The quantitative estimate of drug-likeness (QED) is 0.685. The maximum absolute atomic E-state index is 12.2. The van der Waals surface area contributed by atoms with Crippen molar-refractivity contribution in [1.82, 2.24) is 5.16 Å². The fourth-order valence-corrected chi connectivity index (χ4v) is 2.44. The van der Waals surface area contributed by atoms with Crippen LogP contribution in [0.4, 0.5) is 5.69 Å². The monoisotopic (exact) mass is 354 g/mol. The molecule has 1 amide bonds. The molecule has 0 fully saturated rings. The van der Waals surface area contributed by atoms with Crippen molar-refractivity contribution in [2.45, 2.75) is 19.4 Å². The van der Waals surface area contributed by atoms with Crippen LogP contribution in [-0.4, -0.2) is 30.2 Å². The molecule has 26 heavy (non-hydrogen) atoms. The third-order valence-corrected chi connectivity index (χ3v) is 3.78. The number of nitrogens with one attached hydrogen (secondary N) is 1. The number of amides is 1. The third-order valence-electron chi connectivity index (χ3n) is 3.78. The molecule has 0 bridgehead atoms. The highest BCUT2D eigenvalue weighted by atomic mass is 16.5. The predicted molar refractivity (Wildman–Crippen MR) is 94.9 cm³/mol. The maximum Gasteiger partial charge on any atom is 0.312 e. The van der Waals surface area contributed by atoms with E-state index in [1.807, 2.05) is 18.2 Å². The molecule has 0 saturated carbocycles. The maximum atomic E-state index is 12.2. The van der Waals surface area contributed by atoms with E-state index in [9.17, 15) is 9.59 Å². The van der Waals surface area contributed by atoms with Crippen molar-refractivity contribution in [3.8, 4) is 5.75 Å². The van der Waals surface area contributed by atoms with Crippen LogP contribution in [-0.2, 0) is 20.7 Å². The second kappa shape index (κ2) is 7.69. The van der Waals surface area contributed by atoms with E-state index >= 15 is 0 Å². The lowest BCUT2D eigenvalue weighted by molar-refractivity contribution is -0.152. The molecule has 0 saturated heterocycles. The summed E-state index contributed by atoms with van der Waals surface area (Å²) in [6, 6.07) is 14.1. The number of esters is 1. The second-order valence-corrected chi connectivity index (χ2v) is 5.66. The number of rotatable bonds is 6. The van der Waals surface area contributed by atoms with Gasteiger partial charge in [0.1, 0.15) is 11.4 Å². The topological polar surface area (TPSA) is 90.7 Å².